The highest BCUT2D eigenvalue weighted by molar-refractivity contribution is 5.30. The van der Waals surface area contributed by atoms with Crippen molar-refractivity contribution < 1.29 is 4.74 Å². The van der Waals surface area contributed by atoms with Crippen LogP contribution in [0.3, 0.4) is 0 Å². The number of rotatable bonds is 6. The Kier molecular flexibility index (Phi) is 5.73. The Labute approximate surface area is 121 Å². The van der Waals surface area contributed by atoms with Crippen LogP contribution in [-0.4, -0.2) is 42.8 Å². The maximum atomic E-state index is 5.95. The van der Waals surface area contributed by atoms with Crippen molar-refractivity contribution in [2.24, 2.45) is 11.7 Å². The molecule has 1 aliphatic rings. The molecule has 5 heteroatoms. The first-order valence-electron chi connectivity index (χ1n) is 7.53. The Morgan fingerprint density at radius 2 is 2.00 bits per heavy atom. The molecule has 1 aromatic rings. The monoisotopic (exact) mass is 278 g/mol. The van der Waals surface area contributed by atoms with Gasteiger partial charge < -0.3 is 15.4 Å². The first-order valence-corrected chi connectivity index (χ1v) is 7.53. The lowest BCUT2D eigenvalue weighted by Gasteiger charge is -2.31. The lowest BCUT2D eigenvalue weighted by Crippen LogP contribution is -2.36. The average molecular weight is 278 g/mol. The third-order valence-electron chi connectivity index (χ3n) is 4.01. The molecule has 5 nitrogen and oxygen atoms in total. The second-order valence-corrected chi connectivity index (χ2v) is 5.65. The van der Waals surface area contributed by atoms with Gasteiger partial charge >= 0.3 is 0 Å². The molecule has 1 atom stereocenters. The number of anilines is 1. The SMILES string of the molecule is CCC(N)Cc1cnc(N2CCC(COC)CC2)nc1. The van der Waals surface area contributed by atoms with E-state index in [0.717, 1.165) is 56.9 Å². The van der Waals surface area contributed by atoms with E-state index in [0.29, 0.717) is 5.92 Å². The number of hydrogen-bond acceptors (Lipinski definition) is 5. The third kappa shape index (κ3) is 4.15. The van der Waals surface area contributed by atoms with E-state index in [1.165, 1.54) is 0 Å². The Hall–Kier alpha value is -1.20. The Morgan fingerprint density at radius 1 is 1.35 bits per heavy atom. The van der Waals surface area contributed by atoms with Gasteiger partial charge in [0.15, 0.2) is 0 Å². The van der Waals surface area contributed by atoms with Crippen LogP contribution < -0.4 is 10.6 Å². The van der Waals surface area contributed by atoms with E-state index >= 15 is 0 Å². The zero-order chi connectivity index (χ0) is 14.4. The van der Waals surface area contributed by atoms with Gasteiger partial charge in [0.2, 0.25) is 5.95 Å². The molecule has 1 fully saturated rings. The number of methoxy groups -OCH3 is 1. The fourth-order valence-electron chi connectivity index (χ4n) is 2.60. The van der Waals surface area contributed by atoms with E-state index in [9.17, 15) is 0 Å². The fourth-order valence-corrected chi connectivity index (χ4v) is 2.60. The molecule has 1 aromatic heterocycles. The molecule has 1 saturated heterocycles. The molecule has 112 valence electrons. The molecule has 2 rings (SSSR count). The van der Waals surface area contributed by atoms with Gasteiger partial charge in [-0.3, -0.25) is 0 Å². The molecule has 0 saturated carbocycles. The van der Waals surface area contributed by atoms with E-state index in [1.807, 2.05) is 12.4 Å². The van der Waals surface area contributed by atoms with Gasteiger partial charge in [-0.25, -0.2) is 9.97 Å². The summed E-state index contributed by atoms with van der Waals surface area (Å²) < 4.78 is 5.22. The molecular formula is C15H26N4O. The van der Waals surface area contributed by atoms with Crippen molar-refractivity contribution in [2.75, 3.05) is 31.7 Å². The van der Waals surface area contributed by atoms with Crippen LogP contribution in [0.5, 0.6) is 0 Å². The van der Waals surface area contributed by atoms with E-state index in [2.05, 4.69) is 21.8 Å². The van der Waals surface area contributed by atoms with Gasteiger partial charge in [-0.15, -0.1) is 0 Å². The van der Waals surface area contributed by atoms with Crippen molar-refractivity contribution in [3.63, 3.8) is 0 Å². The first-order chi connectivity index (χ1) is 9.72. The van der Waals surface area contributed by atoms with Crippen LogP contribution in [0.25, 0.3) is 0 Å². The molecule has 20 heavy (non-hydrogen) atoms. The van der Waals surface area contributed by atoms with Gasteiger partial charge in [0.05, 0.1) is 0 Å². The highest BCUT2D eigenvalue weighted by Gasteiger charge is 2.20. The molecular weight excluding hydrogens is 252 g/mol. The molecule has 1 aliphatic heterocycles. The van der Waals surface area contributed by atoms with Crippen LogP contribution in [0.1, 0.15) is 31.7 Å². The summed E-state index contributed by atoms with van der Waals surface area (Å²) in [5.74, 6) is 1.52. The summed E-state index contributed by atoms with van der Waals surface area (Å²) in [4.78, 5) is 11.2. The van der Waals surface area contributed by atoms with E-state index < -0.39 is 0 Å². The summed E-state index contributed by atoms with van der Waals surface area (Å²) in [6.07, 6.45) is 7.97. The molecule has 0 bridgehead atoms. The minimum absolute atomic E-state index is 0.203. The Morgan fingerprint density at radius 3 is 2.55 bits per heavy atom. The molecule has 2 heterocycles. The van der Waals surface area contributed by atoms with Crippen molar-refractivity contribution >= 4 is 5.95 Å². The van der Waals surface area contributed by atoms with Crippen molar-refractivity contribution in [1.82, 2.24) is 9.97 Å². The second kappa shape index (κ2) is 7.55. The topological polar surface area (TPSA) is 64.3 Å². The predicted octanol–water partition coefficient (Wildman–Crippen LogP) is 1.62. The molecule has 0 aromatic carbocycles. The smallest absolute Gasteiger partial charge is 0.225 e. The van der Waals surface area contributed by atoms with Crippen molar-refractivity contribution in [2.45, 2.75) is 38.6 Å². The third-order valence-corrected chi connectivity index (χ3v) is 4.01. The fraction of sp³-hybridized carbons (Fsp3) is 0.733. The number of nitrogens with two attached hydrogens (primary N) is 1. The van der Waals surface area contributed by atoms with Gasteiger partial charge in [-0.1, -0.05) is 6.92 Å². The summed E-state index contributed by atoms with van der Waals surface area (Å²) >= 11 is 0. The number of nitrogens with zero attached hydrogens (tertiary/aromatic N) is 3. The molecule has 0 radical (unpaired) electrons. The van der Waals surface area contributed by atoms with Gasteiger partial charge in [0.1, 0.15) is 0 Å². The summed E-state index contributed by atoms with van der Waals surface area (Å²) in [5, 5.41) is 0. The number of piperidine rings is 1. The van der Waals surface area contributed by atoms with Crippen LogP contribution >= 0.6 is 0 Å². The van der Waals surface area contributed by atoms with Gasteiger partial charge in [0, 0.05) is 45.2 Å². The lowest BCUT2D eigenvalue weighted by molar-refractivity contribution is 0.139. The maximum absolute atomic E-state index is 5.95. The maximum Gasteiger partial charge on any atom is 0.225 e. The largest absolute Gasteiger partial charge is 0.384 e. The van der Waals surface area contributed by atoms with Crippen LogP contribution in [0.4, 0.5) is 5.95 Å². The lowest BCUT2D eigenvalue weighted by atomic mass is 9.98. The minimum Gasteiger partial charge on any atom is -0.384 e. The summed E-state index contributed by atoms with van der Waals surface area (Å²) in [5.41, 5.74) is 7.07. The normalized spacial score (nSPS) is 18.2. The molecule has 0 spiro atoms. The van der Waals surface area contributed by atoms with Crippen LogP contribution in [0, 0.1) is 5.92 Å². The highest BCUT2D eigenvalue weighted by atomic mass is 16.5. The Bertz CT molecular complexity index is 387. The number of aromatic nitrogens is 2. The van der Waals surface area contributed by atoms with Gasteiger partial charge in [-0.2, -0.15) is 0 Å². The second-order valence-electron chi connectivity index (χ2n) is 5.65. The minimum atomic E-state index is 0.203. The standard InChI is InChI=1S/C15H26N4O/c1-3-14(16)8-13-9-17-15(18-10-13)19-6-4-12(5-7-19)11-20-2/h9-10,12,14H,3-8,11,16H2,1-2H3. The summed E-state index contributed by atoms with van der Waals surface area (Å²) in [6, 6.07) is 0.203. The zero-order valence-electron chi connectivity index (χ0n) is 12.6. The van der Waals surface area contributed by atoms with Crippen LogP contribution in [0.2, 0.25) is 0 Å². The van der Waals surface area contributed by atoms with Crippen molar-refractivity contribution in [1.29, 1.82) is 0 Å². The van der Waals surface area contributed by atoms with Crippen molar-refractivity contribution in [3.05, 3.63) is 18.0 Å². The number of ether oxygens (including phenoxy) is 1. The average Bonchev–Trinajstić information content (AvgIpc) is 2.49. The van der Waals surface area contributed by atoms with Crippen LogP contribution in [-0.2, 0) is 11.2 Å². The molecule has 1 unspecified atom stereocenters. The van der Waals surface area contributed by atoms with E-state index in [-0.39, 0.29) is 6.04 Å². The van der Waals surface area contributed by atoms with E-state index in [4.69, 9.17) is 10.5 Å². The highest BCUT2D eigenvalue weighted by Crippen LogP contribution is 2.20. The quantitative estimate of drug-likeness (QED) is 0.856. The van der Waals surface area contributed by atoms with Gasteiger partial charge in [-0.05, 0) is 37.2 Å². The predicted molar refractivity (Wildman–Crippen MR) is 80.8 cm³/mol. The van der Waals surface area contributed by atoms with Crippen LogP contribution in [0.15, 0.2) is 12.4 Å². The number of hydrogen-bond donors (Lipinski definition) is 1. The van der Waals surface area contributed by atoms with Crippen molar-refractivity contribution in [3.8, 4) is 0 Å². The van der Waals surface area contributed by atoms with E-state index in [1.54, 1.807) is 7.11 Å². The molecule has 2 N–H and O–H groups in total. The summed E-state index contributed by atoms with van der Waals surface area (Å²) in [6.45, 7) is 5.00. The molecule has 0 amide bonds. The zero-order valence-corrected chi connectivity index (χ0v) is 12.6. The summed E-state index contributed by atoms with van der Waals surface area (Å²) in [7, 11) is 1.77. The Balaban J connectivity index is 1.87. The van der Waals surface area contributed by atoms with Gasteiger partial charge in [0.25, 0.3) is 0 Å². The first kappa shape index (κ1) is 15.2. The molecule has 0 aliphatic carbocycles.